The summed E-state index contributed by atoms with van der Waals surface area (Å²) in [5.41, 5.74) is 0.937. The molecule has 0 aliphatic carbocycles. The van der Waals surface area contributed by atoms with E-state index in [0.717, 1.165) is 0 Å². The molecular formula is C16H13NO3S. The van der Waals surface area contributed by atoms with Crippen LogP contribution in [0.1, 0.15) is 10.4 Å². The number of thioether (sulfide) groups is 1. The van der Waals surface area contributed by atoms with Gasteiger partial charge in [0, 0.05) is 5.69 Å². The zero-order valence-electron chi connectivity index (χ0n) is 11.1. The van der Waals surface area contributed by atoms with Crippen molar-refractivity contribution >= 4 is 29.1 Å². The first-order valence-electron chi connectivity index (χ1n) is 6.49. The Hall–Kier alpha value is -2.27. The summed E-state index contributed by atoms with van der Waals surface area (Å²) < 4.78 is 0. The van der Waals surface area contributed by atoms with Gasteiger partial charge in [-0.2, -0.15) is 0 Å². The van der Waals surface area contributed by atoms with Crippen molar-refractivity contribution in [3.8, 4) is 5.75 Å². The molecule has 1 N–H and O–H groups in total. The van der Waals surface area contributed by atoms with Gasteiger partial charge < -0.3 is 5.11 Å². The number of aromatic hydroxyl groups is 1. The molecule has 3 rings (SSSR count). The van der Waals surface area contributed by atoms with E-state index >= 15 is 0 Å². The molecule has 1 fully saturated rings. The summed E-state index contributed by atoms with van der Waals surface area (Å²) in [7, 11) is 0. The maximum atomic E-state index is 12.6. The van der Waals surface area contributed by atoms with Gasteiger partial charge in [-0.3, -0.25) is 14.5 Å². The normalized spacial score (nSPS) is 18.0. The van der Waals surface area contributed by atoms with Crippen LogP contribution in [-0.4, -0.2) is 27.9 Å². The fourth-order valence-electron chi connectivity index (χ4n) is 2.30. The molecule has 2 aromatic rings. The van der Waals surface area contributed by atoms with Gasteiger partial charge in [0.15, 0.2) is 5.78 Å². The number of amides is 1. The average molecular weight is 299 g/mol. The number of para-hydroxylation sites is 2. The predicted molar refractivity (Wildman–Crippen MR) is 82.6 cm³/mol. The quantitative estimate of drug-likeness (QED) is 0.885. The number of hydrogen-bond acceptors (Lipinski definition) is 4. The second-order valence-corrected chi connectivity index (χ2v) is 5.71. The van der Waals surface area contributed by atoms with Gasteiger partial charge in [-0.25, -0.2) is 0 Å². The second-order valence-electron chi connectivity index (χ2n) is 4.64. The molecule has 0 saturated carbocycles. The van der Waals surface area contributed by atoms with Crippen molar-refractivity contribution in [2.24, 2.45) is 0 Å². The molecule has 5 heteroatoms. The molecule has 106 valence electrons. The molecule has 1 aliphatic rings. The van der Waals surface area contributed by atoms with Crippen LogP contribution in [0.4, 0.5) is 5.69 Å². The van der Waals surface area contributed by atoms with Crippen LogP contribution in [0.3, 0.4) is 0 Å². The highest BCUT2D eigenvalue weighted by atomic mass is 32.2. The van der Waals surface area contributed by atoms with Gasteiger partial charge in [0.1, 0.15) is 11.1 Å². The van der Waals surface area contributed by atoms with Crippen LogP contribution in [0.5, 0.6) is 5.75 Å². The molecule has 1 unspecified atom stereocenters. The van der Waals surface area contributed by atoms with E-state index in [1.54, 1.807) is 30.3 Å². The summed E-state index contributed by atoms with van der Waals surface area (Å²) in [6.45, 7) is 0. The molecule has 1 saturated heterocycles. The van der Waals surface area contributed by atoms with Gasteiger partial charge in [-0.05, 0) is 24.3 Å². The summed E-state index contributed by atoms with van der Waals surface area (Å²) in [5, 5.41) is 9.20. The summed E-state index contributed by atoms with van der Waals surface area (Å²) in [4.78, 5) is 26.2. The predicted octanol–water partition coefficient (Wildman–Crippen LogP) is 2.68. The monoisotopic (exact) mass is 299 g/mol. The lowest BCUT2D eigenvalue weighted by Gasteiger charge is -2.23. The van der Waals surface area contributed by atoms with E-state index in [0.29, 0.717) is 5.69 Å². The number of benzene rings is 2. The van der Waals surface area contributed by atoms with E-state index in [-0.39, 0.29) is 28.8 Å². The highest BCUT2D eigenvalue weighted by Gasteiger charge is 2.38. The van der Waals surface area contributed by atoms with E-state index in [4.69, 9.17) is 0 Å². The third-order valence-electron chi connectivity index (χ3n) is 3.30. The molecule has 0 bridgehead atoms. The van der Waals surface area contributed by atoms with Gasteiger partial charge in [0.25, 0.3) is 0 Å². The smallest absolute Gasteiger partial charge is 0.238 e. The summed E-state index contributed by atoms with van der Waals surface area (Å²) >= 11 is 1.28. The number of anilines is 1. The number of phenolic OH excluding ortho intramolecular Hbond substituents is 1. The number of phenols is 1. The lowest BCUT2D eigenvalue weighted by molar-refractivity contribution is -0.115. The second kappa shape index (κ2) is 5.61. The third-order valence-corrected chi connectivity index (χ3v) is 4.45. The molecule has 4 nitrogen and oxygen atoms in total. The largest absolute Gasteiger partial charge is 0.507 e. The van der Waals surface area contributed by atoms with Crippen LogP contribution in [0.15, 0.2) is 54.6 Å². The van der Waals surface area contributed by atoms with Gasteiger partial charge in [0.2, 0.25) is 5.91 Å². The summed E-state index contributed by atoms with van der Waals surface area (Å²) in [6, 6.07) is 15.5. The van der Waals surface area contributed by atoms with Crippen molar-refractivity contribution < 1.29 is 14.7 Å². The molecule has 21 heavy (non-hydrogen) atoms. The Kier molecular flexibility index (Phi) is 3.66. The van der Waals surface area contributed by atoms with E-state index in [1.807, 2.05) is 18.2 Å². The Balaban J connectivity index is 1.96. The first-order chi connectivity index (χ1) is 10.2. The standard InChI is InChI=1S/C16H13NO3S/c18-13-9-5-4-8-12(13)15(20)16-17(14(19)10-21-16)11-6-2-1-3-7-11/h1-9,16,18H,10H2. The zero-order valence-corrected chi connectivity index (χ0v) is 11.9. The minimum atomic E-state index is -0.631. The Labute approximate surface area is 126 Å². The van der Waals surface area contributed by atoms with Crippen LogP contribution >= 0.6 is 11.8 Å². The van der Waals surface area contributed by atoms with Crippen LogP contribution in [-0.2, 0) is 4.79 Å². The Bertz CT molecular complexity index is 687. The lowest BCUT2D eigenvalue weighted by atomic mass is 10.1. The van der Waals surface area contributed by atoms with Crippen LogP contribution in [0.2, 0.25) is 0 Å². The maximum absolute atomic E-state index is 12.6. The fourth-order valence-corrected chi connectivity index (χ4v) is 3.41. The first kappa shape index (κ1) is 13.7. The molecule has 0 spiro atoms. The Morgan fingerprint density at radius 1 is 1.10 bits per heavy atom. The van der Waals surface area contributed by atoms with E-state index in [9.17, 15) is 14.7 Å². The molecular weight excluding hydrogens is 286 g/mol. The van der Waals surface area contributed by atoms with Gasteiger partial charge in [0.05, 0.1) is 11.3 Å². The number of Topliss-reactive ketones (excluding diaryl/α,β-unsaturated/α-hetero) is 1. The fraction of sp³-hybridized carbons (Fsp3) is 0.125. The number of hydrogen-bond donors (Lipinski definition) is 1. The molecule has 1 atom stereocenters. The minimum Gasteiger partial charge on any atom is -0.507 e. The van der Waals surface area contributed by atoms with Gasteiger partial charge in [-0.15, -0.1) is 11.8 Å². The molecule has 1 aliphatic heterocycles. The van der Waals surface area contributed by atoms with Crippen molar-refractivity contribution in [1.29, 1.82) is 0 Å². The lowest BCUT2D eigenvalue weighted by Crippen LogP contribution is -2.37. The number of nitrogens with zero attached hydrogens (tertiary/aromatic N) is 1. The molecule has 0 radical (unpaired) electrons. The minimum absolute atomic E-state index is 0.0598. The highest BCUT2D eigenvalue weighted by Crippen LogP contribution is 2.34. The van der Waals surface area contributed by atoms with Crippen LogP contribution in [0, 0.1) is 0 Å². The van der Waals surface area contributed by atoms with Gasteiger partial charge >= 0.3 is 0 Å². The van der Waals surface area contributed by atoms with Crippen molar-refractivity contribution in [3.05, 3.63) is 60.2 Å². The number of ketones is 1. The van der Waals surface area contributed by atoms with Crippen molar-refractivity contribution in [2.75, 3.05) is 10.7 Å². The summed E-state index contributed by atoms with van der Waals surface area (Å²) in [5.74, 6) is -0.151. The maximum Gasteiger partial charge on any atom is 0.238 e. The third kappa shape index (κ3) is 2.52. The van der Waals surface area contributed by atoms with E-state index in [2.05, 4.69) is 0 Å². The Morgan fingerprint density at radius 3 is 2.48 bits per heavy atom. The van der Waals surface area contributed by atoms with Crippen LogP contribution < -0.4 is 4.90 Å². The van der Waals surface area contributed by atoms with Crippen molar-refractivity contribution in [3.63, 3.8) is 0 Å². The molecule has 1 heterocycles. The topological polar surface area (TPSA) is 57.6 Å². The van der Waals surface area contributed by atoms with E-state index in [1.165, 1.54) is 22.7 Å². The Morgan fingerprint density at radius 2 is 1.76 bits per heavy atom. The zero-order chi connectivity index (χ0) is 14.8. The number of carbonyl (C=O) groups is 2. The number of rotatable bonds is 3. The SMILES string of the molecule is O=C(c1ccccc1O)C1SCC(=O)N1c1ccccc1. The van der Waals surface area contributed by atoms with Gasteiger partial charge in [-0.1, -0.05) is 30.3 Å². The molecule has 0 aromatic heterocycles. The van der Waals surface area contributed by atoms with E-state index < -0.39 is 5.37 Å². The first-order valence-corrected chi connectivity index (χ1v) is 7.54. The molecule has 1 amide bonds. The summed E-state index contributed by atoms with van der Waals surface area (Å²) in [6.07, 6.45) is 0. The average Bonchev–Trinajstić information content (AvgIpc) is 2.90. The van der Waals surface area contributed by atoms with Crippen molar-refractivity contribution in [2.45, 2.75) is 5.37 Å². The highest BCUT2D eigenvalue weighted by molar-refractivity contribution is 8.02. The molecule has 2 aromatic carbocycles. The van der Waals surface area contributed by atoms with Crippen molar-refractivity contribution in [1.82, 2.24) is 0 Å². The van der Waals surface area contributed by atoms with Crippen LogP contribution in [0.25, 0.3) is 0 Å². The number of carbonyl (C=O) groups excluding carboxylic acids is 2.